The number of aliphatic hydroxyl groups is 1. The summed E-state index contributed by atoms with van der Waals surface area (Å²) in [5, 5.41) is 17.7. The molecular formula is C9H11NO3. The fourth-order valence-electron chi connectivity index (χ4n) is 1.02. The first-order chi connectivity index (χ1) is 6.11. The largest absolute Gasteiger partial charge is 0.480 e. The fourth-order valence-corrected chi connectivity index (χ4v) is 1.02. The van der Waals surface area contributed by atoms with Crippen LogP contribution in [0.1, 0.15) is 5.56 Å². The van der Waals surface area contributed by atoms with Crippen molar-refractivity contribution in [2.75, 3.05) is 6.61 Å². The van der Waals surface area contributed by atoms with Gasteiger partial charge in [0.1, 0.15) is 0 Å². The molecule has 0 bridgehead atoms. The molecule has 0 aliphatic heterocycles. The standard InChI is InChI=1S/C9H11NO3/c10-9(6-11,8(12)13)7-4-2-1-3-5-7/h1-5,11H,6,10H2,(H,12,13)/t9-/m0/s1. The Balaban J connectivity index is 3.11. The molecule has 4 heteroatoms. The fraction of sp³-hybridized carbons (Fsp3) is 0.222. The van der Waals surface area contributed by atoms with Gasteiger partial charge in [0.15, 0.2) is 5.54 Å². The number of aliphatic hydroxyl groups excluding tert-OH is 1. The highest BCUT2D eigenvalue weighted by atomic mass is 16.4. The number of carboxylic acid groups (broad SMARTS) is 1. The van der Waals surface area contributed by atoms with Gasteiger partial charge in [0, 0.05) is 0 Å². The highest BCUT2D eigenvalue weighted by molar-refractivity contribution is 5.80. The topological polar surface area (TPSA) is 83.5 Å². The minimum atomic E-state index is -1.69. The Morgan fingerprint density at radius 1 is 1.38 bits per heavy atom. The zero-order valence-electron chi connectivity index (χ0n) is 6.97. The minimum Gasteiger partial charge on any atom is -0.480 e. The molecule has 1 aromatic carbocycles. The second kappa shape index (κ2) is 3.55. The summed E-state index contributed by atoms with van der Waals surface area (Å²) in [7, 11) is 0. The Kier molecular flexibility index (Phi) is 2.65. The maximum absolute atomic E-state index is 10.8. The van der Waals surface area contributed by atoms with E-state index in [-0.39, 0.29) is 0 Å². The predicted octanol–water partition coefficient (Wildman–Crippen LogP) is -0.0825. The third-order valence-electron chi connectivity index (χ3n) is 1.92. The maximum atomic E-state index is 10.8. The lowest BCUT2D eigenvalue weighted by Crippen LogP contribution is -2.48. The highest BCUT2D eigenvalue weighted by Gasteiger charge is 2.34. The van der Waals surface area contributed by atoms with Gasteiger partial charge in [-0.25, -0.2) is 4.79 Å². The Morgan fingerprint density at radius 2 is 1.92 bits per heavy atom. The lowest BCUT2D eigenvalue weighted by Gasteiger charge is -2.22. The molecule has 0 unspecified atom stereocenters. The Morgan fingerprint density at radius 3 is 2.31 bits per heavy atom. The monoisotopic (exact) mass is 181 g/mol. The third-order valence-corrected chi connectivity index (χ3v) is 1.92. The summed E-state index contributed by atoms with van der Waals surface area (Å²) in [6.45, 7) is -0.619. The number of nitrogens with two attached hydrogens (primary N) is 1. The van der Waals surface area contributed by atoms with Gasteiger partial charge in [-0.05, 0) is 5.56 Å². The van der Waals surface area contributed by atoms with Crippen LogP contribution in [0.15, 0.2) is 30.3 Å². The first-order valence-electron chi connectivity index (χ1n) is 3.80. The van der Waals surface area contributed by atoms with Gasteiger partial charge in [-0.2, -0.15) is 0 Å². The van der Waals surface area contributed by atoms with Crippen molar-refractivity contribution in [3.05, 3.63) is 35.9 Å². The number of hydrogen-bond donors (Lipinski definition) is 3. The van der Waals surface area contributed by atoms with Crippen LogP contribution in [0.25, 0.3) is 0 Å². The number of rotatable bonds is 3. The predicted molar refractivity (Wildman–Crippen MR) is 47.0 cm³/mol. The van der Waals surface area contributed by atoms with Crippen molar-refractivity contribution in [2.24, 2.45) is 5.73 Å². The summed E-state index contributed by atoms with van der Waals surface area (Å²) in [5.74, 6) is -1.23. The SMILES string of the molecule is N[C@](CO)(C(=O)O)c1ccccc1. The Hall–Kier alpha value is -1.39. The van der Waals surface area contributed by atoms with Crippen LogP contribution in [-0.2, 0) is 10.3 Å². The van der Waals surface area contributed by atoms with Crippen LogP contribution in [0.4, 0.5) is 0 Å². The minimum absolute atomic E-state index is 0.394. The van der Waals surface area contributed by atoms with E-state index in [2.05, 4.69) is 0 Å². The van der Waals surface area contributed by atoms with Crippen molar-refractivity contribution in [2.45, 2.75) is 5.54 Å². The number of aliphatic carboxylic acids is 1. The molecule has 0 radical (unpaired) electrons. The van der Waals surface area contributed by atoms with Gasteiger partial charge in [0.05, 0.1) is 6.61 Å². The van der Waals surface area contributed by atoms with Crippen LogP contribution in [0, 0.1) is 0 Å². The van der Waals surface area contributed by atoms with Gasteiger partial charge < -0.3 is 15.9 Å². The van der Waals surface area contributed by atoms with Crippen molar-refractivity contribution < 1.29 is 15.0 Å². The van der Waals surface area contributed by atoms with E-state index in [1.807, 2.05) is 0 Å². The summed E-state index contributed by atoms with van der Waals surface area (Å²) in [5.41, 5.74) is 4.21. The summed E-state index contributed by atoms with van der Waals surface area (Å²) in [6, 6.07) is 8.25. The van der Waals surface area contributed by atoms with E-state index in [1.165, 1.54) is 0 Å². The zero-order valence-corrected chi connectivity index (χ0v) is 6.97. The molecule has 0 amide bonds. The highest BCUT2D eigenvalue weighted by Crippen LogP contribution is 2.17. The molecule has 0 saturated carbocycles. The molecule has 1 rings (SSSR count). The molecule has 0 aromatic heterocycles. The summed E-state index contributed by atoms with van der Waals surface area (Å²) in [6.07, 6.45) is 0. The van der Waals surface area contributed by atoms with Gasteiger partial charge in [-0.1, -0.05) is 30.3 Å². The second-order valence-corrected chi connectivity index (χ2v) is 2.80. The van der Waals surface area contributed by atoms with Crippen LogP contribution in [0.2, 0.25) is 0 Å². The number of benzene rings is 1. The molecule has 1 atom stereocenters. The summed E-state index contributed by atoms with van der Waals surface area (Å²) in [4.78, 5) is 10.8. The quantitative estimate of drug-likeness (QED) is 0.609. The molecule has 0 fully saturated rings. The van der Waals surface area contributed by atoms with E-state index >= 15 is 0 Å². The molecule has 4 nitrogen and oxygen atoms in total. The van der Waals surface area contributed by atoms with Crippen molar-refractivity contribution in [3.8, 4) is 0 Å². The second-order valence-electron chi connectivity index (χ2n) is 2.80. The molecule has 0 spiro atoms. The first kappa shape index (κ1) is 9.70. The Bertz CT molecular complexity index is 299. The molecule has 0 aliphatic rings. The lowest BCUT2D eigenvalue weighted by atomic mass is 9.92. The number of carboxylic acids is 1. The van der Waals surface area contributed by atoms with Gasteiger partial charge >= 0.3 is 5.97 Å². The average molecular weight is 181 g/mol. The van der Waals surface area contributed by atoms with E-state index in [1.54, 1.807) is 30.3 Å². The van der Waals surface area contributed by atoms with Gasteiger partial charge in [-0.3, -0.25) is 0 Å². The first-order valence-corrected chi connectivity index (χ1v) is 3.80. The molecule has 13 heavy (non-hydrogen) atoms. The molecule has 70 valence electrons. The molecule has 1 aromatic rings. The molecule has 0 saturated heterocycles. The Labute approximate surface area is 75.6 Å². The normalized spacial score (nSPS) is 14.9. The maximum Gasteiger partial charge on any atom is 0.330 e. The van der Waals surface area contributed by atoms with Gasteiger partial charge in [0.25, 0.3) is 0 Å². The molecular weight excluding hydrogens is 170 g/mol. The van der Waals surface area contributed by atoms with Gasteiger partial charge in [-0.15, -0.1) is 0 Å². The molecule has 0 aliphatic carbocycles. The molecule has 4 N–H and O–H groups in total. The zero-order chi connectivity index (χ0) is 9.90. The third kappa shape index (κ3) is 1.68. The molecule has 0 heterocycles. The van der Waals surface area contributed by atoms with Crippen molar-refractivity contribution in [1.82, 2.24) is 0 Å². The van der Waals surface area contributed by atoms with E-state index < -0.39 is 18.1 Å². The van der Waals surface area contributed by atoms with E-state index in [9.17, 15) is 4.79 Å². The summed E-state index contributed by atoms with van der Waals surface area (Å²) < 4.78 is 0. The van der Waals surface area contributed by atoms with E-state index in [0.29, 0.717) is 5.56 Å². The number of carbonyl (C=O) groups is 1. The van der Waals surface area contributed by atoms with Crippen LogP contribution in [0.5, 0.6) is 0 Å². The van der Waals surface area contributed by atoms with Crippen LogP contribution in [-0.4, -0.2) is 22.8 Å². The van der Waals surface area contributed by atoms with Crippen molar-refractivity contribution in [1.29, 1.82) is 0 Å². The van der Waals surface area contributed by atoms with Crippen molar-refractivity contribution >= 4 is 5.97 Å². The van der Waals surface area contributed by atoms with E-state index in [4.69, 9.17) is 15.9 Å². The van der Waals surface area contributed by atoms with Crippen LogP contribution in [0.3, 0.4) is 0 Å². The number of hydrogen-bond acceptors (Lipinski definition) is 3. The van der Waals surface area contributed by atoms with Gasteiger partial charge in [0.2, 0.25) is 0 Å². The lowest BCUT2D eigenvalue weighted by molar-refractivity contribution is -0.145. The van der Waals surface area contributed by atoms with Crippen LogP contribution < -0.4 is 5.73 Å². The average Bonchev–Trinajstić information content (AvgIpc) is 2.17. The van der Waals surface area contributed by atoms with Crippen molar-refractivity contribution in [3.63, 3.8) is 0 Å². The van der Waals surface area contributed by atoms with Crippen LogP contribution >= 0.6 is 0 Å². The smallest absolute Gasteiger partial charge is 0.330 e. The van der Waals surface area contributed by atoms with E-state index in [0.717, 1.165) is 0 Å². The summed E-state index contributed by atoms with van der Waals surface area (Å²) >= 11 is 0.